The summed E-state index contributed by atoms with van der Waals surface area (Å²) in [6.45, 7) is 5.48. The molecule has 10 rings (SSSR count). The minimum absolute atomic E-state index is 0.0867. The van der Waals surface area contributed by atoms with E-state index in [2.05, 4.69) is 183 Å². The SMILES string of the molecule is CC1(C)c2ccccc2-c2c(N(Cc3ccccc3-c3ccc4ccccc4c3)c3cccc4sc5c6ccccc6ccc5c34)cccc21. The first-order valence-corrected chi connectivity index (χ1v) is 18.3. The van der Waals surface area contributed by atoms with Crippen molar-refractivity contribution in [3.63, 3.8) is 0 Å². The van der Waals surface area contributed by atoms with Crippen LogP contribution in [0.4, 0.5) is 11.4 Å². The highest BCUT2D eigenvalue weighted by Gasteiger charge is 2.37. The lowest BCUT2D eigenvalue weighted by Gasteiger charge is -2.30. The fourth-order valence-electron chi connectivity index (χ4n) is 8.49. The zero-order chi connectivity index (χ0) is 33.4. The molecule has 8 aromatic carbocycles. The molecule has 0 saturated heterocycles. The minimum atomic E-state index is -0.0867. The second kappa shape index (κ2) is 11.2. The third kappa shape index (κ3) is 4.38. The van der Waals surface area contributed by atoms with Crippen LogP contribution in [-0.4, -0.2) is 0 Å². The van der Waals surface area contributed by atoms with Crippen molar-refractivity contribution in [1.29, 1.82) is 0 Å². The fourth-order valence-corrected chi connectivity index (χ4v) is 9.75. The van der Waals surface area contributed by atoms with Crippen LogP contribution in [0.3, 0.4) is 0 Å². The second-order valence-electron chi connectivity index (χ2n) is 14.1. The topological polar surface area (TPSA) is 3.24 Å². The van der Waals surface area contributed by atoms with Crippen molar-refractivity contribution < 1.29 is 0 Å². The second-order valence-corrected chi connectivity index (χ2v) is 15.1. The molecule has 238 valence electrons. The summed E-state index contributed by atoms with van der Waals surface area (Å²) >= 11 is 1.91. The average Bonchev–Trinajstić information content (AvgIpc) is 3.67. The van der Waals surface area contributed by atoms with Gasteiger partial charge in [-0.3, -0.25) is 0 Å². The lowest BCUT2D eigenvalue weighted by molar-refractivity contribution is 0.660. The maximum atomic E-state index is 2.61. The Morgan fingerprint density at radius 3 is 2.10 bits per heavy atom. The van der Waals surface area contributed by atoms with Crippen molar-refractivity contribution in [2.24, 2.45) is 0 Å². The van der Waals surface area contributed by atoms with Gasteiger partial charge in [0.2, 0.25) is 0 Å². The Kier molecular flexibility index (Phi) is 6.53. The highest BCUT2D eigenvalue weighted by atomic mass is 32.1. The quantitative estimate of drug-likeness (QED) is 0.178. The summed E-state index contributed by atoms with van der Waals surface area (Å²) in [7, 11) is 0. The minimum Gasteiger partial charge on any atom is -0.336 e. The van der Waals surface area contributed by atoms with Gasteiger partial charge in [0.1, 0.15) is 0 Å². The summed E-state index contributed by atoms with van der Waals surface area (Å²) in [4.78, 5) is 2.61. The summed E-state index contributed by atoms with van der Waals surface area (Å²) in [6, 6.07) is 60.8. The van der Waals surface area contributed by atoms with Crippen LogP contribution in [0.5, 0.6) is 0 Å². The highest BCUT2D eigenvalue weighted by molar-refractivity contribution is 7.26. The number of benzene rings is 8. The lowest BCUT2D eigenvalue weighted by atomic mass is 9.82. The van der Waals surface area contributed by atoms with E-state index in [1.54, 1.807) is 0 Å². The Balaban J connectivity index is 1.24. The van der Waals surface area contributed by atoms with Crippen molar-refractivity contribution in [3.8, 4) is 22.3 Å². The van der Waals surface area contributed by atoms with Crippen molar-refractivity contribution >= 4 is 64.4 Å². The molecule has 0 bridgehead atoms. The number of hydrogen-bond donors (Lipinski definition) is 0. The van der Waals surface area contributed by atoms with Gasteiger partial charge in [-0.05, 0) is 79.2 Å². The Morgan fingerprint density at radius 1 is 0.520 bits per heavy atom. The molecule has 0 N–H and O–H groups in total. The van der Waals surface area contributed by atoms with Crippen LogP contribution in [0.15, 0.2) is 164 Å². The molecule has 1 heterocycles. The smallest absolute Gasteiger partial charge is 0.0508 e. The first-order chi connectivity index (χ1) is 24.6. The van der Waals surface area contributed by atoms with Crippen LogP contribution < -0.4 is 4.90 Å². The Bertz CT molecular complexity index is 2780. The zero-order valence-corrected chi connectivity index (χ0v) is 29.0. The van der Waals surface area contributed by atoms with Gasteiger partial charge < -0.3 is 4.90 Å². The van der Waals surface area contributed by atoms with E-state index in [1.165, 1.54) is 92.0 Å². The molecular formula is C48H35NS. The van der Waals surface area contributed by atoms with Crippen molar-refractivity contribution in [3.05, 3.63) is 180 Å². The summed E-state index contributed by atoms with van der Waals surface area (Å²) < 4.78 is 2.67. The van der Waals surface area contributed by atoms with Gasteiger partial charge in [-0.1, -0.05) is 153 Å². The fraction of sp³-hybridized carbons (Fsp3) is 0.0833. The molecule has 2 heteroatoms. The first-order valence-electron chi connectivity index (χ1n) is 17.5. The van der Waals surface area contributed by atoms with Gasteiger partial charge in [0, 0.05) is 43.4 Å². The van der Waals surface area contributed by atoms with Crippen molar-refractivity contribution in [2.45, 2.75) is 25.8 Å². The Hall–Kier alpha value is -5.70. The van der Waals surface area contributed by atoms with Gasteiger partial charge in [-0.2, -0.15) is 0 Å². The number of anilines is 2. The predicted octanol–water partition coefficient (Wildman–Crippen LogP) is 13.7. The number of hydrogen-bond acceptors (Lipinski definition) is 2. The van der Waals surface area contributed by atoms with Gasteiger partial charge in [-0.15, -0.1) is 11.3 Å². The number of fused-ring (bicyclic) bond motifs is 9. The number of nitrogens with zero attached hydrogens (tertiary/aromatic N) is 1. The van der Waals surface area contributed by atoms with Gasteiger partial charge in [-0.25, -0.2) is 0 Å². The monoisotopic (exact) mass is 657 g/mol. The van der Waals surface area contributed by atoms with E-state index in [-0.39, 0.29) is 5.41 Å². The van der Waals surface area contributed by atoms with Crippen LogP contribution >= 0.6 is 11.3 Å². The summed E-state index contributed by atoms with van der Waals surface area (Å²) in [5, 5.41) is 7.78. The zero-order valence-electron chi connectivity index (χ0n) is 28.2. The molecule has 0 spiro atoms. The van der Waals surface area contributed by atoms with Crippen molar-refractivity contribution in [2.75, 3.05) is 4.90 Å². The molecule has 9 aromatic rings. The van der Waals surface area contributed by atoms with E-state index in [1.807, 2.05) is 11.3 Å². The van der Waals surface area contributed by atoms with Crippen molar-refractivity contribution in [1.82, 2.24) is 0 Å². The van der Waals surface area contributed by atoms with E-state index >= 15 is 0 Å². The molecule has 0 saturated carbocycles. The van der Waals surface area contributed by atoms with Crippen LogP contribution in [0, 0.1) is 0 Å². The van der Waals surface area contributed by atoms with E-state index in [0.717, 1.165) is 6.54 Å². The van der Waals surface area contributed by atoms with E-state index in [9.17, 15) is 0 Å². The Labute approximate surface area is 296 Å². The van der Waals surface area contributed by atoms with E-state index in [0.29, 0.717) is 0 Å². The van der Waals surface area contributed by atoms with E-state index in [4.69, 9.17) is 0 Å². The average molecular weight is 658 g/mol. The summed E-state index contributed by atoms with van der Waals surface area (Å²) in [5.41, 5.74) is 11.7. The number of rotatable bonds is 5. The molecule has 0 atom stereocenters. The maximum absolute atomic E-state index is 2.61. The molecule has 1 aromatic heterocycles. The third-order valence-corrected chi connectivity index (χ3v) is 12.1. The van der Waals surface area contributed by atoms with Gasteiger partial charge in [0.25, 0.3) is 0 Å². The maximum Gasteiger partial charge on any atom is 0.0508 e. The molecule has 1 nitrogen and oxygen atoms in total. The molecule has 1 aliphatic carbocycles. The molecular weight excluding hydrogens is 623 g/mol. The van der Waals surface area contributed by atoms with E-state index < -0.39 is 0 Å². The lowest BCUT2D eigenvalue weighted by Crippen LogP contribution is -2.19. The van der Waals surface area contributed by atoms with Gasteiger partial charge >= 0.3 is 0 Å². The van der Waals surface area contributed by atoms with Crippen LogP contribution in [0.25, 0.3) is 64.0 Å². The van der Waals surface area contributed by atoms with Crippen LogP contribution in [0.2, 0.25) is 0 Å². The van der Waals surface area contributed by atoms with Gasteiger partial charge in [0.05, 0.1) is 5.69 Å². The molecule has 0 radical (unpaired) electrons. The van der Waals surface area contributed by atoms with Crippen LogP contribution in [-0.2, 0) is 12.0 Å². The van der Waals surface area contributed by atoms with Crippen LogP contribution in [0.1, 0.15) is 30.5 Å². The Morgan fingerprint density at radius 2 is 1.20 bits per heavy atom. The summed E-state index contributed by atoms with van der Waals surface area (Å²) in [6.07, 6.45) is 0. The standard InChI is InChI=1S/C48H35NS/c1-48(2)40-20-10-9-19-38(40)45-41(48)21-11-22-42(45)49(30-35-16-6-7-17-36(35)34-26-25-31-13-3-4-15-33(31)29-34)43-23-12-24-44-46(43)39-28-27-32-14-5-8-18-37(32)47(39)50-44/h3-29H,30H2,1-2H3. The molecule has 50 heavy (non-hydrogen) atoms. The summed E-state index contributed by atoms with van der Waals surface area (Å²) in [5.74, 6) is 0. The van der Waals surface area contributed by atoms with Gasteiger partial charge in [0.15, 0.2) is 0 Å². The number of thiophene rings is 1. The predicted molar refractivity (Wildman–Crippen MR) is 216 cm³/mol. The molecule has 0 aliphatic heterocycles. The highest BCUT2D eigenvalue weighted by Crippen LogP contribution is 2.54. The molecule has 0 unspecified atom stereocenters. The third-order valence-electron chi connectivity index (χ3n) is 10.9. The molecule has 0 fully saturated rings. The molecule has 0 amide bonds. The molecule has 1 aliphatic rings. The normalized spacial score (nSPS) is 13.2. The first kappa shape index (κ1) is 29.2. The largest absolute Gasteiger partial charge is 0.336 e.